The summed E-state index contributed by atoms with van der Waals surface area (Å²) in [6, 6.07) is 1.26. The normalized spacial score (nSPS) is 15.6. The van der Waals surface area contributed by atoms with Gasteiger partial charge in [0.15, 0.2) is 0 Å². The predicted octanol–water partition coefficient (Wildman–Crippen LogP) is 3.65. The van der Waals surface area contributed by atoms with Gasteiger partial charge < -0.3 is 10.2 Å². The van der Waals surface area contributed by atoms with Crippen molar-refractivity contribution in [2.75, 3.05) is 5.88 Å². The fourth-order valence-corrected chi connectivity index (χ4v) is 2.19. The summed E-state index contributed by atoms with van der Waals surface area (Å²) in [6.07, 6.45) is -7.52. The lowest BCUT2D eigenvalue weighted by Gasteiger charge is -2.19. The van der Waals surface area contributed by atoms with Crippen LogP contribution in [0.3, 0.4) is 0 Å². The van der Waals surface area contributed by atoms with Crippen LogP contribution in [0.25, 0.3) is 0 Å². The second-order valence-corrected chi connectivity index (χ2v) is 4.64. The van der Waals surface area contributed by atoms with Crippen molar-refractivity contribution in [3.63, 3.8) is 0 Å². The SMILES string of the molecule is OC(CCl)C(O)c1c(Cl)cc(C(F)(F)F)cc1Cl. The lowest BCUT2D eigenvalue weighted by atomic mass is 10.0. The van der Waals surface area contributed by atoms with Crippen molar-refractivity contribution < 1.29 is 23.4 Å². The first-order valence-corrected chi connectivity index (χ1v) is 5.95. The van der Waals surface area contributed by atoms with E-state index in [-0.39, 0.29) is 21.5 Å². The zero-order valence-electron chi connectivity index (χ0n) is 8.68. The van der Waals surface area contributed by atoms with E-state index in [1.807, 2.05) is 0 Å². The number of aliphatic hydroxyl groups is 2. The van der Waals surface area contributed by atoms with E-state index in [1.54, 1.807) is 0 Å². The molecule has 2 nitrogen and oxygen atoms in total. The van der Waals surface area contributed by atoms with Crippen LogP contribution in [0.5, 0.6) is 0 Å². The van der Waals surface area contributed by atoms with E-state index in [4.69, 9.17) is 34.8 Å². The van der Waals surface area contributed by atoms with Gasteiger partial charge in [-0.1, -0.05) is 23.2 Å². The van der Waals surface area contributed by atoms with Crippen LogP contribution in [-0.2, 0) is 6.18 Å². The van der Waals surface area contributed by atoms with Crippen LogP contribution in [0.2, 0.25) is 10.0 Å². The Morgan fingerprint density at radius 1 is 1.11 bits per heavy atom. The molecule has 0 amide bonds. The lowest BCUT2D eigenvalue weighted by Crippen LogP contribution is -2.20. The third-order valence-electron chi connectivity index (χ3n) is 2.22. The van der Waals surface area contributed by atoms with Crippen LogP contribution >= 0.6 is 34.8 Å². The number of halogens is 6. The molecule has 8 heteroatoms. The Morgan fingerprint density at radius 2 is 1.56 bits per heavy atom. The lowest BCUT2D eigenvalue weighted by molar-refractivity contribution is -0.137. The summed E-state index contributed by atoms with van der Waals surface area (Å²) >= 11 is 16.6. The van der Waals surface area contributed by atoms with Crippen LogP contribution in [0.15, 0.2) is 12.1 Å². The van der Waals surface area contributed by atoms with Crippen molar-refractivity contribution in [3.8, 4) is 0 Å². The van der Waals surface area contributed by atoms with Crippen LogP contribution in [0, 0.1) is 0 Å². The predicted molar refractivity (Wildman–Crippen MR) is 63.2 cm³/mol. The van der Waals surface area contributed by atoms with Gasteiger partial charge in [-0.15, -0.1) is 11.6 Å². The Morgan fingerprint density at radius 3 is 1.89 bits per heavy atom. The molecular formula is C10H8Cl3F3O2. The topological polar surface area (TPSA) is 40.5 Å². The molecule has 0 aliphatic heterocycles. The zero-order chi connectivity index (χ0) is 14.1. The molecule has 1 aromatic carbocycles. The third-order valence-corrected chi connectivity index (χ3v) is 3.17. The molecule has 0 saturated carbocycles. The minimum atomic E-state index is -4.60. The molecule has 0 radical (unpaired) electrons. The Bertz CT molecular complexity index is 414. The van der Waals surface area contributed by atoms with Gasteiger partial charge in [-0.3, -0.25) is 0 Å². The molecule has 0 aliphatic carbocycles. The number of rotatable bonds is 3. The van der Waals surface area contributed by atoms with Gasteiger partial charge >= 0.3 is 6.18 Å². The number of benzene rings is 1. The van der Waals surface area contributed by atoms with Gasteiger partial charge in [0.2, 0.25) is 0 Å². The smallest absolute Gasteiger partial charge is 0.389 e. The molecule has 0 saturated heterocycles. The standard InChI is InChI=1S/C10H8Cl3F3O2/c11-3-7(17)9(18)8-5(12)1-4(2-6(8)13)10(14,15)16/h1-2,7,9,17-18H,3H2. The van der Waals surface area contributed by atoms with Crippen LogP contribution in [-0.4, -0.2) is 22.2 Å². The summed E-state index contributed by atoms with van der Waals surface area (Å²) in [7, 11) is 0. The van der Waals surface area contributed by atoms with Crippen LogP contribution < -0.4 is 0 Å². The monoisotopic (exact) mass is 322 g/mol. The van der Waals surface area contributed by atoms with Crippen LogP contribution in [0.1, 0.15) is 17.2 Å². The second-order valence-electron chi connectivity index (χ2n) is 3.52. The highest BCUT2D eigenvalue weighted by molar-refractivity contribution is 6.36. The van der Waals surface area contributed by atoms with E-state index < -0.39 is 23.9 Å². The highest BCUT2D eigenvalue weighted by Gasteiger charge is 2.33. The van der Waals surface area contributed by atoms with E-state index in [2.05, 4.69) is 0 Å². The molecule has 2 N–H and O–H groups in total. The first kappa shape index (κ1) is 15.9. The Kier molecular flexibility index (Phi) is 5.14. The van der Waals surface area contributed by atoms with Crippen LogP contribution in [0.4, 0.5) is 13.2 Å². The van der Waals surface area contributed by atoms with Crippen molar-refractivity contribution in [2.45, 2.75) is 18.4 Å². The molecule has 0 heterocycles. The van der Waals surface area contributed by atoms with E-state index >= 15 is 0 Å². The molecule has 1 rings (SSSR count). The van der Waals surface area contributed by atoms with E-state index in [0.29, 0.717) is 12.1 Å². The second kappa shape index (κ2) is 5.84. The van der Waals surface area contributed by atoms with Crippen molar-refractivity contribution in [1.82, 2.24) is 0 Å². The van der Waals surface area contributed by atoms with Crippen molar-refractivity contribution in [2.24, 2.45) is 0 Å². The third kappa shape index (κ3) is 3.42. The van der Waals surface area contributed by atoms with Gasteiger partial charge in [-0.25, -0.2) is 0 Å². The molecule has 0 fully saturated rings. The Balaban J connectivity index is 3.25. The quantitative estimate of drug-likeness (QED) is 0.834. The number of hydrogen-bond donors (Lipinski definition) is 2. The number of aliphatic hydroxyl groups excluding tert-OH is 2. The molecule has 1 aromatic rings. The Hall–Kier alpha value is -0.200. The number of alkyl halides is 4. The molecule has 0 spiro atoms. The molecule has 102 valence electrons. The molecule has 18 heavy (non-hydrogen) atoms. The summed E-state index contributed by atoms with van der Waals surface area (Å²) in [5.74, 6) is -0.311. The van der Waals surface area contributed by atoms with Gasteiger partial charge in [-0.2, -0.15) is 13.2 Å². The maximum Gasteiger partial charge on any atom is 0.416 e. The van der Waals surface area contributed by atoms with Crippen molar-refractivity contribution in [3.05, 3.63) is 33.3 Å². The average Bonchev–Trinajstić information content (AvgIpc) is 2.25. The molecule has 2 atom stereocenters. The summed E-state index contributed by atoms with van der Waals surface area (Å²) in [4.78, 5) is 0. The zero-order valence-corrected chi connectivity index (χ0v) is 10.9. The van der Waals surface area contributed by atoms with E-state index in [9.17, 15) is 23.4 Å². The minimum Gasteiger partial charge on any atom is -0.389 e. The first-order chi connectivity index (χ1) is 8.18. The summed E-state index contributed by atoms with van der Waals surface area (Å²) < 4.78 is 37.4. The molecular weight excluding hydrogens is 315 g/mol. The van der Waals surface area contributed by atoms with Crippen molar-refractivity contribution >= 4 is 34.8 Å². The van der Waals surface area contributed by atoms with Gasteiger partial charge in [-0.05, 0) is 12.1 Å². The molecule has 2 unspecified atom stereocenters. The summed E-state index contributed by atoms with van der Waals surface area (Å²) in [6.45, 7) is 0. The minimum absolute atomic E-state index is 0.181. The highest BCUT2D eigenvalue weighted by atomic mass is 35.5. The Labute approximate surface area is 116 Å². The molecule has 0 aromatic heterocycles. The van der Waals surface area contributed by atoms with Gasteiger partial charge in [0, 0.05) is 15.6 Å². The van der Waals surface area contributed by atoms with Gasteiger partial charge in [0.1, 0.15) is 6.10 Å². The number of hydrogen-bond acceptors (Lipinski definition) is 2. The van der Waals surface area contributed by atoms with Gasteiger partial charge in [0.05, 0.1) is 17.5 Å². The first-order valence-electron chi connectivity index (χ1n) is 4.66. The average molecular weight is 324 g/mol. The highest BCUT2D eigenvalue weighted by Crippen LogP contribution is 2.38. The fourth-order valence-electron chi connectivity index (χ4n) is 1.31. The van der Waals surface area contributed by atoms with E-state index in [1.165, 1.54) is 0 Å². The summed E-state index contributed by atoms with van der Waals surface area (Å²) in [5.41, 5.74) is -1.21. The van der Waals surface area contributed by atoms with Crippen molar-refractivity contribution in [1.29, 1.82) is 0 Å². The summed E-state index contributed by atoms with van der Waals surface area (Å²) in [5, 5.41) is 18.2. The van der Waals surface area contributed by atoms with E-state index in [0.717, 1.165) is 0 Å². The molecule has 0 bridgehead atoms. The largest absolute Gasteiger partial charge is 0.416 e. The maximum absolute atomic E-state index is 12.5. The fraction of sp³-hybridized carbons (Fsp3) is 0.400. The maximum atomic E-state index is 12.5. The molecule has 0 aliphatic rings. The van der Waals surface area contributed by atoms with Gasteiger partial charge in [0.25, 0.3) is 0 Å².